The second kappa shape index (κ2) is 7.38. The maximum Gasteiger partial charge on any atom is 0.338 e. The minimum Gasteiger partial charge on any atom is -0.465 e. The van der Waals surface area contributed by atoms with E-state index in [-0.39, 0.29) is 12.0 Å². The molecule has 0 heterocycles. The molecule has 0 aromatic heterocycles. The van der Waals surface area contributed by atoms with E-state index in [9.17, 15) is 4.79 Å². The fourth-order valence-electron chi connectivity index (χ4n) is 2.14. The Balaban J connectivity index is 2.08. The number of rotatable bonds is 5. The zero-order valence-electron chi connectivity index (χ0n) is 12.1. The molecule has 0 bridgehead atoms. The molecule has 0 aliphatic rings. The van der Waals surface area contributed by atoms with E-state index in [1.807, 2.05) is 30.3 Å². The van der Waals surface area contributed by atoms with E-state index in [0.29, 0.717) is 12.1 Å². The van der Waals surface area contributed by atoms with Crippen molar-refractivity contribution in [3.05, 3.63) is 69.7 Å². The van der Waals surface area contributed by atoms with E-state index in [1.54, 1.807) is 6.07 Å². The molecule has 0 saturated carbocycles. The molecule has 0 saturated heterocycles. The molecule has 0 aliphatic carbocycles. The predicted octanol–water partition coefficient (Wildman–Crippen LogP) is 4.09. The van der Waals surface area contributed by atoms with Crippen molar-refractivity contribution in [2.45, 2.75) is 19.5 Å². The summed E-state index contributed by atoms with van der Waals surface area (Å²) in [6.07, 6.45) is 0. The van der Waals surface area contributed by atoms with Gasteiger partial charge in [-0.3, -0.25) is 0 Å². The number of halogens is 1. The Morgan fingerprint density at radius 2 is 2.00 bits per heavy atom. The summed E-state index contributed by atoms with van der Waals surface area (Å²) in [5.74, 6) is -0.303. The summed E-state index contributed by atoms with van der Waals surface area (Å²) in [6.45, 7) is 2.71. The fourth-order valence-corrected chi connectivity index (χ4v) is 2.56. The minimum absolute atomic E-state index is 0.188. The molecule has 3 nitrogen and oxygen atoms in total. The van der Waals surface area contributed by atoms with Crippen molar-refractivity contribution in [2.75, 3.05) is 7.11 Å². The van der Waals surface area contributed by atoms with Crippen LogP contribution in [0.1, 0.15) is 34.5 Å². The van der Waals surface area contributed by atoms with Gasteiger partial charge in [-0.2, -0.15) is 0 Å². The summed E-state index contributed by atoms with van der Waals surface area (Å²) in [4.78, 5) is 11.7. The molecule has 1 N–H and O–H groups in total. The lowest BCUT2D eigenvalue weighted by molar-refractivity contribution is 0.0599. The summed E-state index contributed by atoms with van der Waals surface area (Å²) < 4.78 is 5.87. The number of carbonyl (C=O) groups excluding carboxylic acids is 1. The molecular formula is C17H18BrNO2. The molecule has 21 heavy (non-hydrogen) atoms. The van der Waals surface area contributed by atoms with Crippen LogP contribution in [0.4, 0.5) is 0 Å². The first-order chi connectivity index (χ1) is 10.1. The van der Waals surface area contributed by atoms with Crippen LogP contribution in [0.25, 0.3) is 0 Å². The van der Waals surface area contributed by atoms with Gasteiger partial charge in [-0.1, -0.05) is 46.3 Å². The summed E-state index contributed by atoms with van der Waals surface area (Å²) in [7, 11) is 1.40. The molecule has 0 spiro atoms. The van der Waals surface area contributed by atoms with Crippen LogP contribution >= 0.6 is 15.9 Å². The van der Waals surface area contributed by atoms with Crippen molar-refractivity contribution in [2.24, 2.45) is 0 Å². The van der Waals surface area contributed by atoms with E-state index in [0.717, 1.165) is 10.0 Å². The van der Waals surface area contributed by atoms with Crippen LogP contribution in [0.5, 0.6) is 0 Å². The Kier molecular flexibility index (Phi) is 5.53. The number of carbonyl (C=O) groups is 1. The number of esters is 1. The van der Waals surface area contributed by atoms with Crippen molar-refractivity contribution in [1.29, 1.82) is 0 Å². The molecule has 0 amide bonds. The summed E-state index contributed by atoms with van der Waals surface area (Å²) in [5, 5.41) is 3.43. The Morgan fingerprint density at radius 3 is 2.71 bits per heavy atom. The van der Waals surface area contributed by atoms with Gasteiger partial charge in [0.05, 0.1) is 12.7 Å². The lowest BCUT2D eigenvalue weighted by Gasteiger charge is -2.16. The largest absolute Gasteiger partial charge is 0.465 e. The SMILES string of the molecule is COC(=O)c1ccccc1CN[C@@H](C)c1cccc(Br)c1. The molecule has 2 aromatic rings. The molecule has 0 fully saturated rings. The number of hydrogen-bond donors (Lipinski definition) is 1. The minimum atomic E-state index is -0.303. The Morgan fingerprint density at radius 1 is 1.24 bits per heavy atom. The molecular weight excluding hydrogens is 330 g/mol. The lowest BCUT2D eigenvalue weighted by Crippen LogP contribution is -2.20. The zero-order chi connectivity index (χ0) is 15.2. The second-order valence-corrected chi connectivity index (χ2v) is 5.72. The highest BCUT2D eigenvalue weighted by atomic mass is 79.9. The van der Waals surface area contributed by atoms with Crippen molar-refractivity contribution in [3.63, 3.8) is 0 Å². The average Bonchev–Trinajstić information content (AvgIpc) is 2.52. The van der Waals surface area contributed by atoms with Crippen LogP contribution < -0.4 is 5.32 Å². The molecule has 4 heteroatoms. The standard InChI is InChI=1S/C17H18BrNO2/c1-12(13-7-5-8-15(18)10-13)19-11-14-6-3-4-9-16(14)17(20)21-2/h3-10,12,19H,11H2,1-2H3/t12-/m0/s1. The van der Waals surface area contributed by atoms with Gasteiger partial charge in [0.1, 0.15) is 0 Å². The van der Waals surface area contributed by atoms with Gasteiger partial charge < -0.3 is 10.1 Å². The monoisotopic (exact) mass is 347 g/mol. The van der Waals surface area contributed by atoms with Crippen LogP contribution in [-0.4, -0.2) is 13.1 Å². The normalized spacial score (nSPS) is 12.0. The van der Waals surface area contributed by atoms with E-state index in [1.165, 1.54) is 12.7 Å². The molecule has 0 radical (unpaired) electrons. The average molecular weight is 348 g/mol. The van der Waals surface area contributed by atoms with Gasteiger partial charge in [0.15, 0.2) is 0 Å². The van der Waals surface area contributed by atoms with E-state index in [4.69, 9.17) is 4.74 Å². The fraction of sp³-hybridized carbons (Fsp3) is 0.235. The Bertz CT molecular complexity index is 628. The van der Waals surface area contributed by atoms with Gasteiger partial charge in [0.25, 0.3) is 0 Å². The topological polar surface area (TPSA) is 38.3 Å². The van der Waals surface area contributed by atoms with Crippen molar-refractivity contribution in [3.8, 4) is 0 Å². The molecule has 2 rings (SSSR count). The van der Waals surface area contributed by atoms with Gasteiger partial charge in [0.2, 0.25) is 0 Å². The van der Waals surface area contributed by atoms with Crippen LogP contribution in [0.2, 0.25) is 0 Å². The number of benzene rings is 2. The molecule has 0 unspecified atom stereocenters. The first-order valence-electron chi connectivity index (χ1n) is 6.77. The summed E-state index contributed by atoms with van der Waals surface area (Å²) in [5.41, 5.74) is 2.74. The molecule has 1 atom stereocenters. The number of hydrogen-bond acceptors (Lipinski definition) is 3. The van der Waals surface area contributed by atoms with Gasteiger partial charge in [-0.25, -0.2) is 4.79 Å². The highest BCUT2D eigenvalue weighted by molar-refractivity contribution is 9.10. The Hall–Kier alpha value is -1.65. The first kappa shape index (κ1) is 15.7. The van der Waals surface area contributed by atoms with Crippen molar-refractivity contribution in [1.82, 2.24) is 5.32 Å². The van der Waals surface area contributed by atoms with Crippen LogP contribution in [0.3, 0.4) is 0 Å². The second-order valence-electron chi connectivity index (χ2n) is 4.81. The van der Waals surface area contributed by atoms with Crippen molar-refractivity contribution >= 4 is 21.9 Å². The third kappa shape index (κ3) is 4.16. The number of ether oxygens (including phenoxy) is 1. The number of nitrogens with one attached hydrogen (secondary N) is 1. The highest BCUT2D eigenvalue weighted by Gasteiger charge is 2.12. The maximum absolute atomic E-state index is 11.7. The zero-order valence-corrected chi connectivity index (χ0v) is 13.7. The van der Waals surface area contributed by atoms with Gasteiger partial charge >= 0.3 is 5.97 Å². The van der Waals surface area contributed by atoms with Crippen molar-refractivity contribution < 1.29 is 9.53 Å². The highest BCUT2D eigenvalue weighted by Crippen LogP contribution is 2.19. The van der Waals surface area contributed by atoms with Crippen LogP contribution in [0.15, 0.2) is 53.0 Å². The molecule has 2 aromatic carbocycles. The third-order valence-corrected chi connectivity index (χ3v) is 3.86. The predicted molar refractivity (Wildman–Crippen MR) is 87.2 cm³/mol. The van der Waals surface area contributed by atoms with E-state index in [2.05, 4.69) is 40.3 Å². The van der Waals surface area contributed by atoms with Gasteiger partial charge in [-0.15, -0.1) is 0 Å². The number of methoxy groups -OCH3 is 1. The summed E-state index contributed by atoms with van der Waals surface area (Å²) in [6, 6.07) is 15.9. The lowest BCUT2D eigenvalue weighted by atomic mass is 10.1. The van der Waals surface area contributed by atoms with Crippen LogP contribution in [0, 0.1) is 0 Å². The van der Waals surface area contributed by atoms with E-state index < -0.39 is 0 Å². The quantitative estimate of drug-likeness (QED) is 0.828. The molecule has 110 valence electrons. The molecule has 0 aliphatic heterocycles. The Labute approximate surface area is 133 Å². The third-order valence-electron chi connectivity index (χ3n) is 3.37. The van der Waals surface area contributed by atoms with E-state index >= 15 is 0 Å². The summed E-state index contributed by atoms with van der Waals surface area (Å²) >= 11 is 3.48. The van der Waals surface area contributed by atoms with Crippen LogP contribution in [-0.2, 0) is 11.3 Å². The smallest absolute Gasteiger partial charge is 0.338 e. The maximum atomic E-state index is 11.7. The van der Waals surface area contributed by atoms with Gasteiger partial charge in [0, 0.05) is 17.1 Å². The first-order valence-corrected chi connectivity index (χ1v) is 7.56. The van der Waals surface area contributed by atoms with Gasteiger partial charge in [-0.05, 0) is 36.2 Å².